The highest BCUT2D eigenvalue weighted by atomic mass is 16.5. The number of rotatable bonds is 0. The zero-order valence-electron chi connectivity index (χ0n) is 18.9. The van der Waals surface area contributed by atoms with Crippen LogP contribution >= 0.6 is 0 Å². The zero-order chi connectivity index (χ0) is 21.8. The molecule has 1 spiro atoms. The highest BCUT2D eigenvalue weighted by molar-refractivity contribution is 5.89. The minimum absolute atomic E-state index is 0.00544. The summed E-state index contributed by atoms with van der Waals surface area (Å²) in [5, 5.41) is 25.0. The minimum Gasteiger partial charge on any atom is -0.393 e. The van der Waals surface area contributed by atoms with E-state index in [2.05, 4.69) is 19.2 Å². The van der Waals surface area contributed by atoms with Crippen LogP contribution in [-0.4, -0.2) is 51.9 Å². The molecule has 0 aromatic carbocycles. The van der Waals surface area contributed by atoms with E-state index < -0.39 is 23.2 Å². The predicted octanol–water partition coefficient (Wildman–Crippen LogP) is 2.06. The van der Waals surface area contributed by atoms with Crippen LogP contribution in [0.1, 0.15) is 66.7 Å². The van der Waals surface area contributed by atoms with Crippen molar-refractivity contribution in [2.75, 3.05) is 0 Å². The molecule has 2 aliphatic heterocycles. The van der Waals surface area contributed by atoms with Gasteiger partial charge >= 0.3 is 0 Å². The third-order valence-electron chi connectivity index (χ3n) is 10.4. The normalized spacial score (nSPS) is 57.0. The Morgan fingerprint density at radius 3 is 2.47 bits per heavy atom. The van der Waals surface area contributed by atoms with Gasteiger partial charge in [-0.2, -0.15) is 0 Å². The van der Waals surface area contributed by atoms with Crippen LogP contribution in [0.4, 0.5) is 0 Å². The van der Waals surface area contributed by atoms with Gasteiger partial charge in [-0.05, 0) is 38.5 Å². The molecule has 0 aromatic rings. The Kier molecular flexibility index (Phi) is 4.38. The van der Waals surface area contributed by atoms with Crippen molar-refractivity contribution in [2.24, 2.45) is 40.4 Å². The van der Waals surface area contributed by atoms with E-state index in [1.165, 1.54) is 0 Å². The third kappa shape index (κ3) is 2.36. The van der Waals surface area contributed by atoms with Gasteiger partial charge in [-0.3, -0.25) is 9.59 Å². The lowest BCUT2D eigenvalue weighted by atomic mass is 9.42. The maximum atomic E-state index is 13.0. The van der Waals surface area contributed by atoms with Crippen LogP contribution in [0.2, 0.25) is 0 Å². The molecule has 5 aliphatic rings. The van der Waals surface area contributed by atoms with Crippen molar-refractivity contribution in [1.29, 1.82) is 0 Å². The van der Waals surface area contributed by atoms with E-state index >= 15 is 0 Å². The van der Waals surface area contributed by atoms with E-state index in [0.29, 0.717) is 18.8 Å². The summed E-state index contributed by atoms with van der Waals surface area (Å²) >= 11 is 0. The fourth-order valence-electron chi connectivity index (χ4n) is 8.54. The van der Waals surface area contributed by atoms with Crippen molar-refractivity contribution in [2.45, 2.75) is 96.7 Å². The van der Waals surface area contributed by atoms with Gasteiger partial charge in [0.15, 0.2) is 5.78 Å². The number of hydrogen-bond acceptors (Lipinski definition) is 5. The Morgan fingerprint density at radius 1 is 1.07 bits per heavy atom. The number of carbonyl (C=O) groups excluding carboxylic acids is 2. The summed E-state index contributed by atoms with van der Waals surface area (Å²) in [5.41, 5.74) is -1.51. The van der Waals surface area contributed by atoms with Crippen LogP contribution in [0.15, 0.2) is 0 Å². The number of carbonyl (C=O) groups is 2. The molecule has 0 bridgehead atoms. The second-order valence-corrected chi connectivity index (χ2v) is 11.9. The minimum atomic E-state index is -1.03. The van der Waals surface area contributed by atoms with Crippen LogP contribution in [0.5, 0.6) is 0 Å². The highest BCUT2D eigenvalue weighted by Gasteiger charge is 2.72. The number of amides is 1. The van der Waals surface area contributed by atoms with E-state index in [4.69, 9.17) is 4.74 Å². The first-order chi connectivity index (χ1) is 13.9. The molecule has 3 N–H and O–H groups in total. The Morgan fingerprint density at radius 2 is 1.77 bits per heavy atom. The molecule has 11 atom stereocenters. The summed E-state index contributed by atoms with van der Waals surface area (Å²) in [5.74, 6) is 0.134. The number of ketones is 1. The number of aliphatic hydroxyl groups is 2. The molecule has 3 saturated carbocycles. The summed E-state index contributed by atoms with van der Waals surface area (Å²) in [6.45, 7) is 10.5. The van der Waals surface area contributed by atoms with Gasteiger partial charge in [0, 0.05) is 47.0 Å². The smallest absolute Gasteiger partial charge is 0.223 e. The van der Waals surface area contributed by atoms with E-state index in [1.807, 2.05) is 20.8 Å². The average molecular weight is 420 g/mol. The lowest BCUT2D eigenvalue weighted by Gasteiger charge is -2.70. The first-order valence-corrected chi connectivity index (χ1v) is 11.8. The number of hydrogen-bond donors (Lipinski definition) is 3. The molecule has 0 aromatic heterocycles. The van der Waals surface area contributed by atoms with Crippen LogP contribution in [0.25, 0.3) is 0 Å². The second kappa shape index (κ2) is 6.29. The maximum absolute atomic E-state index is 13.0. The molecule has 5 fully saturated rings. The molecular weight excluding hydrogens is 382 g/mol. The summed E-state index contributed by atoms with van der Waals surface area (Å²) < 4.78 is 7.15. The number of nitrogens with one attached hydrogen (secondary N) is 1. The van der Waals surface area contributed by atoms with Crippen molar-refractivity contribution in [3.63, 3.8) is 0 Å². The number of aliphatic hydroxyl groups excluding tert-OH is 2. The van der Waals surface area contributed by atoms with Gasteiger partial charge in [0.1, 0.15) is 6.10 Å². The molecule has 168 valence electrons. The Hall–Kier alpha value is -0.980. The van der Waals surface area contributed by atoms with Crippen LogP contribution < -0.4 is 5.32 Å². The number of Topliss-reactive ketones (excluding diaryl/α,β-unsaturated/α-hetero) is 1. The maximum Gasteiger partial charge on any atom is 0.223 e. The Bertz CT molecular complexity index is 782. The number of fused-ring (bicyclic) bond motifs is 3. The summed E-state index contributed by atoms with van der Waals surface area (Å²) in [6.07, 6.45) is 1.76. The molecule has 30 heavy (non-hydrogen) atoms. The van der Waals surface area contributed by atoms with E-state index in [9.17, 15) is 19.8 Å². The lowest BCUT2D eigenvalue weighted by Crippen LogP contribution is -2.74. The van der Waals surface area contributed by atoms with Crippen LogP contribution in [0, 0.1) is 40.4 Å². The Labute approximate surface area is 179 Å². The van der Waals surface area contributed by atoms with Gasteiger partial charge < -0.3 is 20.3 Å². The van der Waals surface area contributed by atoms with Crippen molar-refractivity contribution in [3.8, 4) is 0 Å². The first kappa shape index (κ1) is 20.9. The second-order valence-electron chi connectivity index (χ2n) is 11.9. The summed E-state index contributed by atoms with van der Waals surface area (Å²) in [7, 11) is 0. The van der Waals surface area contributed by atoms with Gasteiger partial charge in [0.05, 0.1) is 17.8 Å². The van der Waals surface area contributed by atoms with E-state index in [0.717, 1.165) is 19.3 Å². The molecule has 6 heteroatoms. The Balaban J connectivity index is 1.63. The van der Waals surface area contributed by atoms with Gasteiger partial charge in [-0.25, -0.2) is 0 Å². The molecule has 6 nitrogen and oxygen atoms in total. The fraction of sp³-hybridized carbons (Fsp3) is 0.917. The van der Waals surface area contributed by atoms with E-state index in [1.54, 1.807) is 0 Å². The van der Waals surface area contributed by atoms with Gasteiger partial charge in [0.25, 0.3) is 0 Å². The lowest BCUT2D eigenvalue weighted by molar-refractivity contribution is -0.329. The van der Waals surface area contributed by atoms with Gasteiger partial charge in [-0.15, -0.1) is 0 Å². The molecule has 2 heterocycles. The largest absolute Gasteiger partial charge is 0.393 e. The average Bonchev–Trinajstić information content (AvgIpc) is 2.94. The van der Waals surface area contributed by atoms with Crippen LogP contribution in [0.3, 0.4) is 0 Å². The topological polar surface area (TPSA) is 95.9 Å². The molecule has 5 rings (SSSR count). The molecule has 11 unspecified atom stereocenters. The third-order valence-corrected chi connectivity index (χ3v) is 10.4. The molecule has 1 amide bonds. The zero-order valence-corrected chi connectivity index (χ0v) is 18.9. The van der Waals surface area contributed by atoms with Gasteiger partial charge in [-0.1, -0.05) is 27.7 Å². The standard InChI is InChI=1S/C24H37NO5/c1-11-6-7-17-22(3,4)20(28)16(27)10-24(17)23(11,5)9-14-15(26)8-13-18(19(14)30-24)12(2)25-21(13)29/h11-19,26-27H,6-10H2,1-5H3,(H,25,29). The molecular formula is C24H37NO5. The highest BCUT2D eigenvalue weighted by Crippen LogP contribution is 2.68. The quantitative estimate of drug-likeness (QED) is 0.559. The van der Waals surface area contributed by atoms with Gasteiger partial charge in [0.2, 0.25) is 5.91 Å². The predicted molar refractivity (Wildman–Crippen MR) is 110 cm³/mol. The van der Waals surface area contributed by atoms with Crippen molar-refractivity contribution in [1.82, 2.24) is 5.32 Å². The molecule has 2 saturated heterocycles. The van der Waals surface area contributed by atoms with Crippen molar-refractivity contribution < 1.29 is 24.5 Å². The SMILES string of the molecule is CC1NC(=O)C2CC(O)C3CC4(C)C(C)CCC5C(C)(C)C(=O)C(O)CC54OC3C12. The first-order valence-electron chi connectivity index (χ1n) is 11.8. The van der Waals surface area contributed by atoms with Crippen molar-refractivity contribution >= 4 is 11.7 Å². The van der Waals surface area contributed by atoms with Crippen molar-refractivity contribution in [3.05, 3.63) is 0 Å². The fourth-order valence-corrected chi connectivity index (χ4v) is 8.54. The van der Waals surface area contributed by atoms with E-state index in [-0.39, 0.29) is 52.9 Å². The van der Waals surface area contributed by atoms with Crippen LogP contribution in [-0.2, 0) is 14.3 Å². The molecule has 0 radical (unpaired) electrons. The monoisotopic (exact) mass is 419 g/mol. The molecule has 3 aliphatic carbocycles. The summed E-state index contributed by atoms with van der Waals surface area (Å²) in [4.78, 5) is 25.5. The summed E-state index contributed by atoms with van der Waals surface area (Å²) in [6, 6.07) is 0.00544. The number of ether oxygens (including phenoxy) is 1.